The van der Waals surface area contributed by atoms with Gasteiger partial charge in [-0.05, 0) is 39.5 Å². The predicted octanol–water partition coefficient (Wildman–Crippen LogP) is 1.76. The van der Waals surface area contributed by atoms with E-state index in [0.29, 0.717) is 19.4 Å². The number of hydrogen-bond donors (Lipinski definition) is 1. The van der Waals surface area contributed by atoms with E-state index in [2.05, 4.69) is 6.92 Å². The van der Waals surface area contributed by atoms with Crippen LogP contribution in [0.2, 0.25) is 0 Å². The molecule has 114 valence electrons. The number of piperidine rings is 1. The molecule has 0 aliphatic carbocycles. The van der Waals surface area contributed by atoms with Crippen molar-refractivity contribution in [2.75, 3.05) is 6.54 Å². The Morgan fingerprint density at radius 3 is 2.25 bits per heavy atom. The van der Waals surface area contributed by atoms with Gasteiger partial charge in [-0.3, -0.25) is 9.59 Å². The Kier molecular flexibility index (Phi) is 4.37. The zero-order chi connectivity index (χ0) is 15.0. The van der Waals surface area contributed by atoms with Gasteiger partial charge >= 0.3 is 5.97 Å². The molecule has 5 heteroatoms. The molecule has 0 bridgehead atoms. The van der Waals surface area contributed by atoms with E-state index in [1.165, 1.54) is 0 Å². The van der Waals surface area contributed by atoms with Crippen LogP contribution >= 0.6 is 0 Å². The molecular weight excluding hydrogens is 258 g/mol. The minimum atomic E-state index is -0.747. The van der Waals surface area contributed by atoms with Crippen molar-refractivity contribution >= 4 is 11.9 Å². The van der Waals surface area contributed by atoms with Crippen molar-refractivity contribution in [3.63, 3.8) is 0 Å². The molecule has 0 aromatic carbocycles. The number of carbonyl (C=O) groups is 2. The molecule has 0 aromatic heterocycles. The van der Waals surface area contributed by atoms with E-state index in [1.54, 1.807) is 0 Å². The Morgan fingerprint density at radius 2 is 1.80 bits per heavy atom. The fourth-order valence-electron chi connectivity index (χ4n) is 3.61. The maximum absolute atomic E-state index is 12.8. The number of amides is 1. The smallest absolute Gasteiger partial charge is 0.306 e. The van der Waals surface area contributed by atoms with Crippen molar-refractivity contribution < 1.29 is 19.4 Å². The van der Waals surface area contributed by atoms with Gasteiger partial charge in [0, 0.05) is 12.6 Å². The van der Waals surface area contributed by atoms with Crippen molar-refractivity contribution in [3.05, 3.63) is 0 Å². The number of rotatable bonds is 2. The second-order valence-corrected chi connectivity index (χ2v) is 6.37. The average Bonchev–Trinajstić information content (AvgIpc) is 2.62. The van der Waals surface area contributed by atoms with E-state index < -0.39 is 5.97 Å². The highest BCUT2D eigenvalue weighted by Gasteiger charge is 2.45. The molecule has 1 N–H and O–H groups in total. The summed E-state index contributed by atoms with van der Waals surface area (Å²) in [5.74, 6) is -0.826. The summed E-state index contributed by atoms with van der Waals surface area (Å²) < 4.78 is 5.75. The van der Waals surface area contributed by atoms with Crippen LogP contribution in [-0.4, -0.2) is 46.7 Å². The van der Waals surface area contributed by atoms with Gasteiger partial charge in [0.15, 0.2) is 0 Å². The first-order valence-corrected chi connectivity index (χ1v) is 7.51. The van der Waals surface area contributed by atoms with E-state index in [9.17, 15) is 9.59 Å². The maximum Gasteiger partial charge on any atom is 0.306 e. The number of aliphatic carboxylic acids is 1. The summed E-state index contributed by atoms with van der Waals surface area (Å²) in [4.78, 5) is 25.7. The quantitative estimate of drug-likeness (QED) is 0.838. The number of nitrogens with zero attached hydrogens (tertiary/aromatic N) is 1. The maximum atomic E-state index is 12.8. The molecule has 2 rings (SSSR count). The molecule has 0 radical (unpaired) electrons. The third-order valence-corrected chi connectivity index (χ3v) is 5.04. The van der Waals surface area contributed by atoms with Crippen molar-refractivity contribution in [1.82, 2.24) is 4.90 Å². The van der Waals surface area contributed by atoms with Gasteiger partial charge < -0.3 is 14.7 Å². The van der Waals surface area contributed by atoms with E-state index in [-0.39, 0.29) is 41.9 Å². The topological polar surface area (TPSA) is 66.8 Å². The Balaban J connectivity index is 2.05. The van der Waals surface area contributed by atoms with Crippen molar-refractivity contribution in [3.8, 4) is 0 Å². The highest BCUT2D eigenvalue weighted by atomic mass is 16.5. The predicted molar refractivity (Wildman–Crippen MR) is 74.2 cm³/mol. The van der Waals surface area contributed by atoms with Crippen LogP contribution in [0.4, 0.5) is 0 Å². The third kappa shape index (κ3) is 2.68. The molecule has 0 saturated carbocycles. The van der Waals surface area contributed by atoms with E-state index in [0.717, 1.165) is 0 Å². The summed E-state index contributed by atoms with van der Waals surface area (Å²) in [6, 6.07) is -0.00680. The molecule has 6 atom stereocenters. The average molecular weight is 283 g/mol. The van der Waals surface area contributed by atoms with Crippen molar-refractivity contribution in [2.45, 2.75) is 58.8 Å². The van der Waals surface area contributed by atoms with Gasteiger partial charge in [0.1, 0.15) is 0 Å². The lowest BCUT2D eigenvalue weighted by Crippen LogP contribution is -2.50. The molecule has 2 aliphatic heterocycles. The first-order chi connectivity index (χ1) is 9.32. The highest BCUT2D eigenvalue weighted by Crippen LogP contribution is 2.35. The first-order valence-electron chi connectivity index (χ1n) is 7.51. The van der Waals surface area contributed by atoms with Crippen LogP contribution in [0.3, 0.4) is 0 Å². The SMILES string of the molecule is CC1OC(C)C(C(=O)N2CCC(C(=O)O)CC2C)C1C. The van der Waals surface area contributed by atoms with Gasteiger partial charge in [0.05, 0.1) is 24.0 Å². The fraction of sp³-hybridized carbons (Fsp3) is 0.867. The van der Waals surface area contributed by atoms with Crippen LogP contribution in [0.1, 0.15) is 40.5 Å². The monoisotopic (exact) mass is 283 g/mol. The third-order valence-electron chi connectivity index (χ3n) is 5.04. The normalized spacial score (nSPS) is 41.7. The molecule has 2 aliphatic rings. The van der Waals surface area contributed by atoms with E-state index in [1.807, 2.05) is 25.7 Å². The fourth-order valence-corrected chi connectivity index (χ4v) is 3.61. The van der Waals surface area contributed by atoms with Gasteiger partial charge in [-0.2, -0.15) is 0 Å². The zero-order valence-corrected chi connectivity index (χ0v) is 12.7. The van der Waals surface area contributed by atoms with Crippen LogP contribution in [-0.2, 0) is 14.3 Å². The number of ether oxygens (including phenoxy) is 1. The standard InChI is InChI=1S/C15H25NO4/c1-8-7-12(15(18)19)5-6-16(8)14(17)13-9(2)10(3)20-11(13)4/h8-13H,5-7H2,1-4H3,(H,18,19). The van der Waals surface area contributed by atoms with Gasteiger partial charge in [-0.15, -0.1) is 0 Å². The molecule has 5 nitrogen and oxygen atoms in total. The van der Waals surface area contributed by atoms with Crippen LogP contribution in [0.15, 0.2) is 0 Å². The number of carbonyl (C=O) groups excluding carboxylic acids is 1. The number of likely N-dealkylation sites (tertiary alicyclic amines) is 1. The lowest BCUT2D eigenvalue weighted by Gasteiger charge is -2.38. The Labute approximate surface area is 120 Å². The van der Waals surface area contributed by atoms with Gasteiger partial charge in [-0.1, -0.05) is 6.92 Å². The summed E-state index contributed by atoms with van der Waals surface area (Å²) in [5, 5.41) is 9.09. The molecule has 0 aromatic rings. The Hall–Kier alpha value is -1.10. The number of carboxylic acids is 1. The van der Waals surface area contributed by atoms with Crippen molar-refractivity contribution in [1.29, 1.82) is 0 Å². The van der Waals surface area contributed by atoms with Crippen LogP contribution in [0, 0.1) is 17.8 Å². The molecule has 6 unspecified atom stereocenters. The molecule has 0 spiro atoms. The van der Waals surface area contributed by atoms with Gasteiger partial charge in [-0.25, -0.2) is 0 Å². The zero-order valence-electron chi connectivity index (χ0n) is 12.7. The highest BCUT2D eigenvalue weighted by molar-refractivity contribution is 5.81. The molecule has 2 fully saturated rings. The summed E-state index contributed by atoms with van der Waals surface area (Å²) in [7, 11) is 0. The van der Waals surface area contributed by atoms with Crippen LogP contribution in [0.5, 0.6) is 0 Å². The Morgan fingerprint density at radius 1 is 1.15 bits per heavy atom. The van der Waals surface area contributed by atoms with Crippen LogP contribution in [0.25, 0.3) is 0 Å². The van der Waals surface area contributed by atoms with Gasteiger partial charge in [0.2, 0.25) is 5.91 Å². The minimum Gasteiger partial charge on any atom is -0.481 e. The van der Waals surface area contributed by atoms with Crippen LogP contribution < -0.4 is 0 Å². The lowest BCUT2D eigenvalue weighted by molar-refractivity contribution is -0.150. The summed E-state index contributed by atoms with van der Waals surface area (Å²) in [6.45, 7) is 8.51. The molecule has 1 amide bonds. The molecule has 2 heterocycles. The van der Waals surface area contributed by atoms with Gasteiger partial charge in [0.25, 0.3) is 0 Å². The molecule has 20 heavy (non-hydrogen) atoms. The number of carboxylic acid groups (broad SMARTS) is 1. The first kappa shape index (κ1) is 15.3. The number of hydrogen-bond acceptors (Lipinski definition) is 3. The largest absolute Gasteiger partial charge is 0.481 e. The van der Waals surface area contributed by atoms with E-state index >= 15 is 0 Å². The lowest BCUT2D eigenvalue weighted by atomic mass is 9.85. The molecule has 2 saturated heterocycles. The molecular formula is C15H25NO4. The summed E-state index contributed by atoms with van der Waals surface area (Å²) >= 11 is 0. The summed E-state index contributed by atoms with van der Waals surface area (Å²) in [5.41, 5.74) is 0. The van der Waals surface area contributed by atoms with Crippen molar-refractivity contribution in [2.24, 2.45) is 17.8 Å². The van der Waals surface area contributed by atoms with E-state index in [4.69, 9.17) is 9.84 Å². The summed E-state index contributed by atoms with van der Waals surface area (Å²) in [6.07, 6.45) is 1.15. The second-order valence-electron chi connectivity index (χ2n) is 6.37. The minimum absolute atomic E-state index is 0.00680. The Bertz CT molecular complexity index is 397. The second kappa shape index (κ2) is 5.72.